The van der Waals surface area contributed by atoms with E-state index < -0.39 is 22.0 Å². The molecule has 1 aromatic carbocycles. The Hall–Kier alpha value is -1.32. The second kappa shape index (κ2) is 9.57. The molecule has 2 aromatic rings. The van der Waals surface area contributed by atoms with Gasteiger partial charge in [0.1, 0.15) is 10.9 Å². The highest BCUT2D eigenvalue weighted by Gasteiger charge is 2.27. The van der Waals surface area contributed by atoms with Gasteiger partial charge in [-0.3, -0.25) is 9.78 Å². The van der Waals surface area contributed by atoms with Gasteiger partial charge in [0.2, 0.25) is 15.9 Å². The molecule has 1 atom stereocenters. The Morgan fingerprint density at radius 3 is 2.73 bits per heavy atom. The van der Waals surface area contributed by atoms with E-state index in [0.29, 0.717) is 17.9 Å². The Morgan fingerprint density at radius 1 is 1.31 bits per heavy atom. The zero-order chi connectivity index (χ0) is 19.2. The molecule has 0 bridgehead atoms. The van der Waals surface area contributed by atoms with Crippen molar-refractivity contribution in [2.45, 2.75) is 17.4 Å². The van der Waals surface area contributed by atoms with Crippen molar-refractivity contribution >= 4 is 56.6 Å². The number of pyridine rings is 1. The lowest BCUT2D eigenvalue weighted by atomic mass is 10.2. The fourth-order valence-electron chi connectivity index (χ4n) is 2.08. The van der Waals surface area contributed by atoms with Crippen molar-refractivity contribution in [3.8, 4) is 0 Å². The summed E-state index contributed by atoms with van der Waals surface area (Å²) in [6.07, 6.45) is 5.24. The normalized spacial score (nSPS) is 12.6. The number of anilines is 1. The van der Waals surface area contributed by atoms with Gasteiger partial charge in [0.15, 0.2) is 0 Å². The van der Waals surface area contributed by atoms with Gasteiger partial charge >= 0.3 is 0 Å². The first-order chi connectivity index (χ1) is 12.3. The Kier molecular flexibility index (Phi) is 7.72. The number of amides is 1. The maximum atomic E-state index is 12.7. The minimum atomic E-state index is -4.03. The van der Waals surface area contributed by atoms with Crippen molar-refractivity contribution in [3.63, 3.8) is 0 Å². The molecule has 2 rings (SSSR count). The van der Waals surface area contributed by atoms with Gasteiger partial charge in [-0.25, -0.2) is 8.42 Å². The smallest absolute Gasteiger partial charge is 0.242 e. The summed E-state index contributed by atoms with van der Waals surface area (Å²) in [6.45, 7) is 0. The molecule has 26 heavy (non-hydrogen) atoms. The summed E-state index contributed by atoms with van der Waals surface area (Å²) in [7, 11) is -4.03. The van der Waals surface area contributed by atoms with Gasteiger partial charge in [0.25, 0.3) is 0 Å². The number of thioether (sulfide) groups is 1. The molecule has 1 amide bonds. The summed E-state index contributed by atoms with van der Waals surface area (Å²) >= 11 is 13.4. The molecule has 140 valence electrons. The number of carbonyl (C=O) groups is 1. The van der Waals surface area contributed by atoms with Crippen LogP contribution in [0.2, 0.25) is 10.0 Å². The van der Waals surface area contributed by atoms with Gasteiger partial charge in [0, 0.05) is 11.2 Å². The third-order valence-corrected chi connectivity index (χ3v) is 6.17. The molecule has 0 spiro atoms. The molecule has 0 aliphatic heterocycles. The number of nitrogens with zero attached hydrogens (tertiary/aromatic N) is 1. The number of aromatic nitrogens is 1. The lowest BCUT2D eigenvalue weighted by Crippen LogP contribution is -2.44. The fraction of sp³-hybridized carbons (Fsp3) is 0.250. The van der Waals surface area contributed by atoms with Crippen LogP contribution in [0.25, 0.3) is 0 Å². The van der Waals surface area contributed by atoms with Gasteiger partial charge in [0.05, 0.1) is 16.9 Å². The minimum absolute atomic E-state index is 0.0261. The van der Waals surface area contributed by atoms with Crippen molar-refractivity contribution < 1.29 is 13.2 Å². The first-order valence-corrected chi connectivity index (χ1v) is 11.1. The Bertz CT molecular complexity index is 864. The molecular formula is C16H17Cl2N3O3S2. The summed E-state index contributed by atoms with van der Waals surface area (Å²) in [5, 5.41) is 2.91. The lowest BCUT2D eigenvalue weighted by molar-refractivity contribution is -0.117. The van der Waals surface area contributed by atoms with E-state index in [1.807, 2.05) is 6.26 Å². The van der Waals surface area contributed by atoms with Crippen molar-refractivity contribution in [3.05, 3.63) is 52.8 Å². The standard InChI is InChI=1S/C16H17Cl2N3O3S2/c1-25-8-6-14(16(22)20-12-3-2-7-19-10-12)21-26(23,24)15-9-11(17)4-5-13(15)18/h2-5,7,9-10,14,21H,6,8H2,1H3,(H,20,22). The quantitative estimate of drug-likeness (QED) is 0.665. The van der Waals surface area contributed by atoms with Gasteiger partial charge in [-0.1, -0.05) is 23.2 Å². The number of rotatable bonds is 8. The monoisotopic (exact) mass is 433 g/mol. The average molecular weight is 434 g/mol. The molecule has 0 aliphatic rings. The molecule has 0 fully saturated rings. The van der Waals surface area contributed by atoms with E-state index in [1.165, 1.54) is 36.2 Å². The third kappa shape index (κ3) is 5.85. The van der Waals surface area contributed by atoms with E-state index in [-0.39, 0.29) is 14.9 Å². The number of sulfonamides is 1. The van der Waals surface area contributed by atoms with Crippen molar-refractivity contribution in [1.29, 1.82) is 0 Å². The highest BCUT2D eigenvalue weighted by Crippen LogP contribution is 2.25. The fourth-order valence-corrected chi connectivity index (χ4v) is 4.54. The highest BCUT2D eigenvalue weighted by molar-refractivity contribution is 7.98. The highest BCUT2D eigenvalue weighted by atomic mass is 35.5. The van der Waals surface area contributed by atoms with Gasteiger partial charge < -0.3 is 5.32 Å². The van der Waals surface area contributed by atoms with Crippen LogP contribution >= 0.6 is 35.0 Å². The Morgan fingerprint density at radius 2 is 2.08 bits per heavy atom. The molecule has 10 heteroatoms. The van der Waals surface area contributed by atoms with Crippen LogP contribution in [0.1, 0.15) is 6.42 Å². The van der Waals surface area contributed by atoms with Crippen LogP contribution in [-0.4, -0.2) is 37.4 Å². The summed E-state index contributed by atoms with van der Waals surface area (Å²) < 4.78 is 27.8. The van der Waals surface area contributed by atoms with Crippen LogP contribution in [0, 0.1) is 0 Å². The Labute approximate surface area is 166 Å². The van der Waals surface area contributed by atoms with Crippen LogP contribution in [0.15, 0.2) is 47.6 Å². The van der Waals surface area contributed by atoms with Crippen molar-refractivity contribution in [1.82, 2.24) is 9.71 Å². The van der Waals surface area contributed by atoms with Crippen LogP contribution in [0.5, 0.6) is 0 Å². The average Bonchev–Trinajstić information content (AvgIpc) is 2.61. The topological polar surface area (TPSA) is 88.2 Å². The van der Waals surface area contributed by atoms with E-state index in [0.717, 1.165) is 0 Å². The maximum Gasteiger partial charge on any atom is 0.242 e. The molecule has 1 unspecified atom stereocenters. The van der Waals surface area contributed by atoms with E-state index in [4.69, 9.17) is 23.2 Å². The second-order valence-corrected chi connectivity index (χ2v) is 8.77. The van der Waals surface area contributed by atoms with E-state index >= 15 is 0 Å². The molecule has 6 nitrogen and oxygen atoms in total. The SMILES string of the molecule is CSCCC(NS(=O)(=O)c1cc(Cl)ccc1Cl)C(=O)Nc1cccnc1. The first kappa shape index (κ1) is 21.0. The molecule has 1 aromatic heterocycles. The number of halogens is 2. The summed E-state index contributed by atoms with van der Waals surface area (Å²) in [6, 6.07) is 6.50. The van der Waals surface area contributed by atoms with Crippen LogP contribution < -0.4 is 10.0 Å². The van der Waals surface area contributed by atoms with Crippen molar-refractivity contribution in [2.75, 3.05) is 17.3 Å². The largest absolute Gasteiger partial charge is 0.323 e. The molecular weight excluding hydrogens is 417 g/mol. The molecule has 0 aliphatic carbocycles. The molecule has 1 heterocycles. The van der Waals surface area contributed by atoms with E-state index in [9.17, 15) is 13.2 Å². The minimum Gasteiger partial charge on any atom is -0.323 e. The van der Waals surface area contributed by atoms with Crippen molar-refractivity contribution in [2.24, 2.45) is 0 Å². The molecule has 2 N–H and O–H groups in total. The maximum absolute atomic E-state index is 12.7. The van der Waals surface area contributed by atoms with E-state index in [2.05, 4.69) is 15.0 Å². The summed E-state index contributed by atoms with van der Waals surface area (Å²) in [4.78, 5) is 16.3. The molecule has 0 saturated heterocycles. The predicted molar refractivity (Wildman–Crippen MR) is 106 cm³/mol. The van der Waals surface area contributed by atoms with Crippen LogP contribution in [0.4, 0.5) is 5.69 Å². The second-order valence-electron chi connectivity index (χ2n) is 5.26. The Balaban J connectivity index is 2.23. The zero-order valence-corrected chi connectivity index (χ0v) is 16.9. The molecule has 0 saturated carbocycles. The number of benzene rings is 1. The third-order valence-electron chi connectivity index (χ3n) is 3.34. The number of hydrogen-bond acceptors (Lipinski definition) is 5. The van der Waals surface area contributed by atoms with Gasteiger partial charge in [-0.15, -0.1) is 0 Å². The molecule has 0 radical (unpaired) electrons. The lowest BCUT2D eigenvalue weighted by Gasteiger charge is -2.18. The van der Waals surface area contributed by atoms with E-state index in [1.54, 1.807) is 18.3 Å². The summed E-state index contributed by atoms with van der Waals surface area (Å²) in [5.74, 6) is 0.116. The number of nitrogens with one attached hydrogen (secondary N) is 2. The van der Waals surface area contributed by atoms with Crippen LogP contribution in [0.3, 0.4) is 0 Å². The zero-order valence-electron chi connectivity index (χ0n) is 13.8. The number of hydrogen-bond donors (Lipinski definition) is 2. The first-order valence-electron chi connectivity index (χ1n) is 7.50. The van der Waals surface area contributed by atoms with Gasteiger partial charge in [-0.05, 0) is 48.8 Å². The van der Waals surface area contributed by atoms with Gasteiger partial charge in [-0.2, -0.15) is 16.5 Å². The number of carbonyl (C=O) groups excluding carboxylic acids is 1. The summed E-state index contributed by atoms with van der Waals surface area (Å²) in [5.41, 5.74) is 0.478. The van der Waals surface area contributed by atoms with Crippen LogP contribution in [-0.2, 0) is 14.8 Å². The predicted octanol–water partition coefficient (Wildman–Crippen LogP) is 3.43.